The number of hydrogen-bond donors (Lipinski definition) is 1. The smallest absolute Gasteiger partial charge is 0.123 e. The van der Waals surface area contributed by atoms with Gasteiger partial charge in [0.05, 0.1) is 11.8 Å². The van der Waals surface area contributed by atoms with Crippen molar-refractivity contribution < 1.29 is 4.74 Å². The van der Waals surface area contributed by atoms with Gasteiger partial charge < -0.3 is 10.1 Å². The van der Waals surface area contributed by atoms with Crippen LogP contribution in [0.15, 0.2) is 18.3 Å². The Balaban J connectivity index is 1.86. The molecule has 0 bridgehead atoms. The van der Waals surface area contributed by atoms with Crippen molar-refractivity contribution in [1.82, 2.24) is 10.3 Å². The maximum Gasteiger partial charge on any atom is 0.123 e. The van der Waals surface area contributed by atoms with Gasteiger partial charge in [-0.1, -0.05) is 27.7 Å². The first kappa shape index (κ1) is 16.3. The van der Waals surface area contributed by atoms with Crippen LogP contribution in [0.1, 0.15) is 52.7 Å². The largest absolute Gasteiger partial charge is 0.490 e. The first-order valence-electron chi connectivity index (χ1n) is 8.37. The number of nitrogens with one attached hydrogen (secondary N) is 1. The maximum atomic E-state index is 6.17. The summed E-state index contributed by atoms with van der Waals surface area (Å²) < 4.78 is 6.17. The summed E-state index contributed by atoms with van der Waals surface area (Å²) >= 11 is 0. The fraction of sp³-hybridized carbons (Fsp3) is 0.722. The van der Waals surface area contributed by atoms with Crippen molar-refractivity contribution in [3.05, 3.63) is 24.0 Å². The van der Waals surface area contributed by atoms with E-state index < -0.39 is 0 Å². The third-order valence-corrected chi connectivity index (χ3v) is 4.50. The Labute approximate surface area is 129 Å². The Morgan fingerprint density at radius 1 is 1.29 bits per heavy atom. The number of rotatable bonds is 6. The Hall–Kier alpha value is -1.09. The molecule has 0 saturated heterocycles. The van der Waals surface area contributed by atoms with Crippen LogP contribution < -0.4 is 10.1 Å². The summed E-state index contributed by atoms with van der Waals surface area (Å²) in [5, 5.41) is 3.43. The highest BCUT2D eigenvalue weighted by molar-refractivity contribution is 5.23. The lowest BCUT2D eigenvalue weighted by molar-refractivity contribution is 0.100. The fourth-order valence-corrected chi connectivity index (χ4v) is 2.91. The van der Waals surface area contributed by atoms with Crippen molar-refractivity contribution >= 4 is 0 Å². The van der Waals surface area contributed by atoms with Gasteiger partial charge in [-0.05, 0) is 49.6 Å². The van der Waals surface area contributed by atoms with E-state index in [2.05, 4.69) is 44.1 Å². The van der Waals surface area contributed by atoms with Crippen LogP contribution in [0, 0.1) is 17.8 Å². The lowest BCUT2D eigenvalue weighted by atomic mass is 9.80. The predicted octanol–water partition coefficient (Wildman–Crippen LogP) is 4.03. The number of aromatic nitrogens is 1. The number of ether oxygens (including phenoxy) is 1. The molecule has 1 saturated carbocycles. The zero-order valence-corrected chi connectivity index (χ0v) is 13.9. The van der Waals surface area contributed by atoms with E-state index in [-0.39, 0.29) is 0 Å². The van der Waals surface area contributed by atoms with Gasteiger partial charge in [-0.2, -0.15) is 0 Å². The van der Waals surface area contributed by atoms with Crippen LogP contribution >= 0.6 is 0 Å². The molecule has 1 aliphatic rings. The van der Waals surface area contributed by atoms with Crippen molar-refractivity contribution in [1.29, 1.82) is 0 Å². The van der Waals surface area contributed by atoms with E-state index in [1.165, 1.54) is 19.3 Å². The fourth-order valence-electron chi connectivity index (χ4n) is 2.91. The summed E-state index contributed by atoms with van der Waals surface area (Å²) in [6, 6.07) is 4.06. The maximum absolute atomic E-state index is 6.17. The molecule has 1 heterocycles. The van der Waals surface area contributed by atoms with Crippen molar-refractivity contribution in [2.75, 3.05) is 6.54 Å². The molecule has 1 aromatic heterocycles. The van der Waals surface area contributed by atoms with Crippen LogP contribution in [-0.2, 0) is 6.54 Å². The molecule has 3 nitrogen and oxygen atoms in total. The van der Waals surface area contributed by atoms with Gasteiger partial charge in [0, 0.05) is 18.8 Å². The molecule has 0 radical (unpaired) electrons. The molecule has 21 heavy (non-hydrogen) atoms. The second-order valence-corrected chi connectivity index (χ2v) is 7.02. The van der Waals surface area contributed by atoms with Crippen LogP contribution in [0.4, 0.5) is 0 Å². The highest BCUT2D eigenvalue weighted by Crippen LogP contribution is 2.31. The molecular weight excluding hydrogens is 260 g/mol. The Bertz CT molecular complexity index is 433. The molecule has 1 N–H and O–H groups in total. The van der Waals surface area contributed by atoms with Gasteiger partial charge in [-0.15, -0.1) is 0 Å². The first-order chi connectivity index (χ1) is 10.0. The summed E-state index contributed by atoms with van der Waals surface area (Å²) in [4.78, 5) is 4.41. The van der Waals surface area contributed by atoms with E-state index in [0.29, 0.717) is 12.0 Å². The van der Waals surface area contributed by atoms with Crippen molar-refractivity contribution in [2.24, 2.45) is 17.8 Å². The van der Waals surface area contributed by atoms with E-state index in [9.17, 15) is 0 Å². The molecule has 3 atom stereocenters. The van der Waals surface area contributed by atoms with Gasteiger partial charge in [-0.3, -0.25) is 4.98 Å². The lowest BCUT2D eigenvalue weighted by Crippen LogP contribution is -2.28. The Kier molecular flexibility index (Phi) is 6.04. The second-order valence-electron chi connectivity index (χ2n) is 7.02. The van der Waals surface area contributed by atoms with E-state index >= 15 is 0 Å². The molecule has 1 aromatic rings. The van der Waals surface area contributed by atoms with Gasteiger partial charge in [0.25, 0.3) is 0 Å². The summed E-state index contributed by atoms with van der Waals surface area (Å²) in [6.45, 7) is 11.0. The van der Waals surface area contributed by atoms with Crippen LogP contribution in [0.5, 0.6) is 5.75 Å². The van der Waals surface area contributed by atoms with Gasteiger partial charge in [-0.25, -0.2) is 0 Å². The summed E-state index contributed by atoms with van der Waals surface area (Å²) in [5.74, 6) is 3.23. The highest BCUT2D eigenvalue weighted by Gasteiger charge is 2.25. The van der Waals surface area contributed by atoms with Crippen molar-refractivity contribution in [2.45, 2.75) is 59.6 Å². The Morgan fingerprint density at radius 3 is 2.81 bits per heavy atom. The zero-order valence-electron chi connectivity index (χ0n) is 13.9. The van der Waals surface area contributed by atoms with Crippen molar-refractivity contribution in [3.63, 3.8) is 0 Å². The molecular formula is C18H30N2O. The molecule has 0 aromatic carbocycles. The van der Waals surface area contributed by atoms with E-state index in [1.807, 2.05) is 12.3 Å². The zero-order chi connectivity index (χ0) is 15.2. The standard InChI is InChI=1S/C18H30N2O/c1-13(2)11-19-12-16-10-18(7-8-20-16)21-17-6-5-14(3)15(4)9-17/h7-8,10,13-15,17,19H,5-6,9,11-12H2,1-4H3. The van der Waals surface area contributed by atoms with Crippen LogP contribution in [0.2, 0.25) is 0 Å². The predicted molar refractivity (Wildman–Crippen MR) is 87.4 cm³/mol. The summed E-state index contributed by atoms with van der Waals surface area (Å²) in [5.41, 5.74) is 1.06. The van der Waals surface area contributed by atoms with Crippen LogP contribution in [-0.4, -0.2) is 17.6 Å². The molecule has 2 rings (SSSR count). The molecule has 1 fully saturated rings. The third kappa shape index (κ3) is 5.31. The topological polar surface area (TPSA) is 34.1 Å². The van der Waals surface area contributed by atoms with Gasteiger partial charge in [0.15, 0.2) is 0 Å². The molecule has 1 aliphatic carbocycles. The number of nitrogens with zero attached hydrogens (tertiary/aromatic N) is 1. The SMILES string of the molecule is CC(C)CNCc1cc(OC2CCC(C)C(C)C2)ccn1. The summed E-state index contributed by atoms with van der Waals surface area (Å²) in [6.07, 6.45) is 5.85. The average Bonchev–Trinajstić information content (AvgIpc) is 2.43. The van der Waals surface area contributed by atoms with Crippen molar-refractivity contribution in [3.8, 4) is 5.75 Å². The minimum atomic E-state index is 0.370. The molecule has 0 spiro atoms. The normalized spacial score (nSPS) is 26.0. The molecule has 0 amide bonds. The van der Waals surface area contributed by atoms with Crippen LogP contribution in [0.25, 0.3) is 0 Å². The highest BCUT2D eigenvalue weighted by atomic mass is 16.5. The van der Waals surface area contributed by atoms with Gasteiger partial charge >= 0.3 is 0 Å². The third-order valence-electron chi connectivity index (χ3n) is 4.50. The van der Waals surface area contributed by atoms with Gasteiger partial charge in [0.2, 0.25) is 0 Å². The van der Waals surface area contributed by atoms with Crippen LogP contribution in [0.3, 0.4) is 0 Å². The quantitative estimate of drug-likeness (QED) is 0.859. The molecule has 3 unspecified atom stereocenters. The van der Waals surface area contributed by atoms with Gasteiger partial charge in [0.1, 0.15) is 5.75 Å². The Morgan fingerprint density at radius 2 is 2.10 bits per heavy atom. The lowest BCUT2D eigenvalue weighted by Gasteiger charge is -2.32. The van der Waals surface area contributed by atoms with E-state index in [0.717, 1.165) is 36.4 Å². The monoisotopic (exact) mass is 290 g/mol. The first-order valence-corrected chi connectivity index (χ1v) is 8.37. The number of pyridine rings is 1. The molecule has 3 heteroatoms. The molecule has 118 valence electrons. The minimum Gasteiger partial charge on any atom is -0.490 e. The number of hydrogen-bond acceptors (Lipinski definition) is 3. The average molecular weight is 290 g/mol. The van der Waals surface area contributed by atoms with E-state index in [1.54, 1.807) is 0 Å². The summed E-state index contributed by atoms with van der Waals surface area (Å²) in [7, 11) is 0. The van der Waals surface area contributed by atoms with E-state index in [4.69, 9.17) is 4.74 Å². The molecule has 0 aliphatic heterocycles. The minimum absolute atomic E-state index is 0.370. The second kappa shape index (κ2) is 7.79.